The maximum atomic E-state index is 13.3. The SMILES string of the molecule is COC(=O)C(C/C=C(/CO[Si](C)(C)C(C)(C)C)c1ccc(F)cc1)C(=O)O. The number of aliphatic carboxylic acids is 1. The molecule has 0 heterocycles. The smallest absolute Gasteiger partial charge is 0.320 e. The summed E-state index contributed by atoms with van der Waals surface area (Å²) in [6.45, 7) is 10.9. The van der Waals surface area contributed by atoms with Gasteiger partial charge < -0.3 is 14.3 Å². The highest BCUT2D eigenvalue weighted by molar-refractivity contribution is 6.74. The lowest BCUT2D eigenvalue weighted by atomic mass is 10.00. The molecule has 0 amide bonds. The Morgan fingerprint density at radius 3 is 2.22 bits per heavy atom. The van der Waals surface area contributed by atoms with E-state index in [2.05, 4.69) is 38.6 Å². The van der Waals surface area contributed by atoms with Gasteiger partial charge in [-0.05, 0) is 47.8 Å². The molecule has 0 bridgehead atoms. The maximum absolute atomic E-state index is 13.3. The van der Waals surface area contributed by atoms with Crippen molar-refractivity contribution in [3.05, 3.63) is 41.7 Å². The van der Waals surface area contributed by atoms with Crippen LogP contribution in [-0.4, -0.2) is 39.1 Å². The lowest BCUT2D eigenvalue weighted by Gasteiger charge is -2.36. The quantitative estimate of drug-likeness (QED) is 0.398. The second kappa shape index (κ2) is 9.28. The third kappa shape index (κ3) is 6.59. The van der Waals surface area contributed by atoms with Gasteiger partial charge in [0.05, 0.1) is 13.7 Å². The van der Waals surface area contributed by atoms with Crippen molar-refractivity contribution in [2.45, 2.75) is 45.3 Å². The van der Waals surface area contributed by atoms with E-state index in [4.69, 9.17) is 4.43 Å². The first-order chi connectivity index (χ1) is 12.4. The Balaban J connectivity index is 3.12. The highest BCUT2D eigenvalue weighted by Gasteiger charge is 2.37. The van der Waals surface area contributed by atoms with E-state index >= 15 is 0 Å². The van der Waals surface area contributed by atoms with Crippen LogP contribution in [0, 0.1) is 11.7 Å². The summed E-state index contributed by atoms with van der Waals surface area (Å²) in [5, 5.41) is 9.27. The molecule has 0 aliphatic heterocycles. The molecule has 1 rings (SSSR count). The molecule has 27 heavy (non-hydrogen) atoms. The Bertz CT molecular complexity index is 689. The maximum Gasteiger partial charge on any atom is 0.320 e. The Morgan fingerprint density at radius 1 is 1.22 bits per heavy atom. The minimum atomic E-state index is -2.04. The number of carboxylic acid groups (broad SMARTS) is 1. The molecule has 1 aromatic carbocycles. The predicted octanol–water partition coefficient (Wildman–Crippen LogP) is 4.49. The van der Waals surface area contributed by atoms with E-state index in [9.17, 15) is 19.1 Å². The average molecular weight is 397 g/mol. The monoisotopic (exact) mass is 396 g/mol. The van der Waals surface area contributed by atoms with Gasteiger partial charge in [-0.1, -0.05) is 39.0 Å². The van der Waals surface area contributed by atoms with Gasteiger partial charge in [-0.2, -0.15) is 0 Å². The van der Waals surface area contributed by atoms with E-state index in [1.54, 1.807) is 18.2 Å². The minimum Gasteiger partial charge on any atom is -0.481 e. The van der Waals surface area contributed by atoms with Crippen LogP contribution in [-0.2, 0) is 18.8 Å². The van der Waals surface area contributed by atoms with Crippen LogP contribution in [0.15, 0.2) is 30.3 Å². The van der Waals surface area contributed by atoms with Gasteiger partial charge in [0, 0.05) is 0 Å². The van der Waals surface area contributed by atoms with Crippen molar-refractivity contribution in [3.8, 4) is 0 Å². The first-order valence-electron chi connectivity index (χ1n) is 8.78. The second-order valence-electron chi connectivity index (χ2n) is 7.93. The molecule has 1 unspecified atom stereocenters. The number of ether oxygens (including phenoxy) is 1. The van der Waals surface area contributed by atoms with Crippen molar-refractivity contribution in [2.24, 2.45) is 5.92 Å². The van der Waals surface area contributed by atoms with E-state index in [1.807, 2.05) is 0 Å². The zero-order valence-electron chi connectivity index (χ0n) is 16.8. The van der Waals surface area contributed by atoms with Crippen LogP contribution in [0.3, 0.4) is 0 Å². The van der Waals surface area contributed by atoms with E-state index in [0.717, 1.165) is 18.2 Å². The van der Waals surface area contributed by atoms with Gasteiger partial charge in [0.2, 0.25) is 0 Å². The highest BCUT2D eigenvalue weighted by Crippen LogP contribution is 2.37. The fraction of sp³-hybridized carbons (Fsp3) is 0.500. The molecule has 5 nitrogen and oxygen atoms in total. The predicted molar refractivity (Wildman–Crippen MR) is 105 cm³/mol. The van der Waals surface area contributed by atoms with Gasteiger partial charge in [-0.15, -0.1) is 0 Å². The van der Waals surface area contributed by atoms with Crippen LogP contribution in [0.5, 0.6) is 0 Å². The summed E-state index contributed by atoms with van der Waals surface area (Å²) in [4.78, 5) is 23.0. The van der Waals surface area contributed by atoms with Crippen LogP contribution in [0.1, 0.15) is 32.8 Å². The molecule has 1 aromatic rings. The summed E-state index contributed by atoms with van der Waals surface area (Å²) < 4.78 is 24.1. The van der Waals surface area contributed by atoms with Crippen molar-refractivity contribution in [2.75, 3.05) is 13.7 Å². The van der Waals surface area contributed by atoms with Gasteiger partial charge in [0.1, 0.15) is 5.82 Å². The molecular weight excluding hydrogens is 367 g/mol. The zero-order chi connectivity index (χ0) is 20.8. The molecule has 0 aliphatic rings. The lowest BCUT2D eigenvalue weighted by molar-refractivity contribution is -0.156. The topological polar surface area (TPSA) is 72.8 Å². The van der Waals surface area contributed by atoms with Crippen molar-refractivity contribution in [1.29, 1.82) is 0 Å². The standard InChI is InChI=1S/C20H29FO5Si/c1-20(2,3)27(5,6)26-13-15(14-7-10-16(21)11-8-14)9-12-17(18(22)23)19(24)25-4/h7-11,17H,12-13H2,1-6H3,(H,22,23)/b15-9-. The van der Waals surface area contributed by atoms with Crippen molar-refractivity contribution >= 4 is 25.8 Å². The molecule has 0 saturated heterocycles. The van der Waals surface area contributed by atoms with Gasteiger partial charge in [-0.3, -0.25) is 9.59 Å². The molecule has 7 heteroatoms. The summed E-state index contributed by atoms with van der Waals surface area (Å²) in [7, 11) is -0.885. The molecular formula is C20H29FO5Si. The normalized spacial score (nSPS) is 14.0. The third-order valence-corrected chi connectivity index (χ3v) is 9.47. The van der Waals surface area contributed by atoms with Gasteiger partial charge >= 0.3 is 11.9 Å². The number of benzene rings is 1. The number of hydrogen-bond acceptors (Lipinski definition) is 4. The van der Waals surface area contributed by atoms with Gasteiger partial charge in [0.15, 0.2) is 14.2 Å². The fourth-order valence-electron chi connectivity index (χ4n) is 2.10. The molecule has 0 saturated carbocycles. The average Bonchev–Trinajstić information content (AvgIpc) is 2.57. The first-order valence-corrected chi connectivity index (χ1v) is 11.7. The molecule has 0 aromatic heterocycles. The molecule has 0 fully saturated rings. The van der Waals surface area contributed by atoms with Gasteiger partial charge in [0.25, 0.3) is 0 Å². The molecule has 150 valence electrons. The van der Waals surface area contributed by atoms with Crippen LogP contribution >= 0.6 is 0 Å². The summed E-state index contributed by atoms with van der Waals surface area (Å²) in [6.07, 6.45) is 1.63. The number of carbonyl (C=O) groups excluding carboxylic acids is 1. The van der Waals surface area contributed by atoms with Gasteiger partial charge in [-0.25, -0.2) is 4.39 Å². The van der Waals surface area contributed by atoms with Crippen molar-refractivity contribution in [1.82, 2.24) is 0 Å². The first kappa shape index (κ1) is 23.0. The minimum absolute atomic E-state index is 0.0104. The third-order valence-electron chi connectivity index (χ3n) is 4.99. The molecule has 0 radical (unpaired) electrons. The van der Waals surface area contributed by atoms with Crippen LogP contribution in [0.4, 0.5) is 4.39 Å². The van der Waals surface area contributed by atoms with Crippen molar-refractivity contribution < 1.29 is 28.2 Å². The number of methoxy groups -OCH3 is 1. The number of allylic oxidation sites excluding steroid dienone is 1. The largest absolute Gasteiger partial charge is 0.481 e. The summed E-state index contributed by atoms with van der Waals surface area (Å²) in [5.74, 6) is -3.70. The van der Waals surface area contributed by atoms with Crippen LogP contribution < -0.4 is 0 Å². The Hall–Kier alpha value is -1.99. The van der Waals surface area contributed by atoms with E-state index in [1.165, 1.54) is 12.1 Å². The Labute approximate surface area is 161 Å². The molecule has 1 atom stereocenters. The number of carboxylic acids is 1. The summed E-state index contributed by atoms with van der Waals surface area (Å²) in [6, 6.07) is 5.91. The molecule has 0 spiro atoms. The molecule has 0 aliphatic carbocycles. The zero-order valence-corrected chi connectivity index (χ0v) is 17.8. The Kier molecular flexibility index (Phi) is 7.92. The fourth-order valence-corrected chi connectivity index (χ4v) is 3.05. The lowest BCUT2D eigenvalue weighted by Crippen LogP contribution is -2.41. The van der Waals surface area contributed by atoms with E-state index < -0.39 is 26.2 Å². The van der Waals surface area contributed by atoms with E-state index in [-0.39, 0.29) is 23.9 Å². The molecule has 1 N–H and O–H groups in total. The number of hydrogen-bond donors (Lipinski definition) is 1. The van der Waals surface area contributed by atoms with Crippen molar-refractivity contribution in [3.63, 3.8) is 0 Å². The number of carbonyl (C=O) groups is 2. The highest BCUT2D eigenvalue weighted by atomic mass is 28.4. The number of rotatable bonds is 8. The number of halogens is 1. The van der Waals surface area contributed by atoms with Crippen LogP contribution in [0.2, 0.25) is 18.1 Å². The summed E-state index contributed by atoms with van der Waals surface area (Å²) in [5.41, 5.74) is 1.44. The summed E-state index contributed by atoms with van der Waals surface area (Å²) >= 11 is 0. The van der Waals surface area contributed by atoms with Crippen LogP contribution in [0.25, 0.3) is 5.57 Å². The Morgan fingerprint density at radius 2 is 1.78 bits per heavy atom. The number of esters is 1. The second-order valence-corrected chi connectivity index (χ2v) is 12.7. The van der Waals surface area contributed by atoms with E-state index in [0.29, 0.717) is 0 Å².